The Balaban J connectivity index is 1.85. The van der Waals surface area contributed by atoms with Crippen LogP contribution in [0.15, 0.2) is 42.5 Å². The van der Waals surface area contributed by atoms with Gasteiger partial charge in [0.2, 0.25) is 5.91 Å². The highest BCUT2D eigenvalue weighted by molar-refractivity contribution is 6.30. The van der Waals surface area contributed by atoms with Crippen molar-refractivity contribution in [2.24, 2.45) is 0 Å². The van der Waals surface area contributed by atoms with Crippen LogP contribution < -0.4 is 10.6 Å². The zero-order valence-electron chi connectivity index (χ0n) is 18.3. The van der Waals surface area contributed by atoms with Gasteiger partial charge in [0, 0.05) is 17.1 Å². The number of hydrogen-bond acceptors (Lipinski definition) is 2. The Morgan fingerprint density at radius 2 is 1.57 bits per heavy atom. The number of rotatable bonds is 6. The summed E-state index contributed by atoms with van der Waals surface area (Å²) in [6, 6.07) is 0.519. The van der Waals surface area contributed by atoms with Crippen LogP contribution in [0, 0.1) is 0 Å². The number of benzene rings is 2. The summed E-state index contributed by atoms with van der Waals surface area (Å²) in [4.78, 5) is 24.3. The predicted octanol–water partition coefficient (Wildman–Crippen LogP) is 6.70. The van der Waals surface area contributed by atoms with Gasteiger partial charge in [0.05, 0.1) is 16.7 Å². The molecule has 1 aliphatic rings. The van der Waals surface area contributed by atoms with Gasteiger partial charge in [0.25, 0.3) is 5.91 Å². The van der Waals surface area contributed by atoms with E-state index in [1.807, 2.05) is 0 Å². The molecule has 14 heteroatoms. The molecule has 2 N–H and O–H groups in total. The first-order chi connectivity index (χ1) is 16.9. The van der Waals surface area contributed by atoms with Crippen LogP contribution in [-0.4, -0.2) is 24.0 Å². The third kappa shape index (κ3) is 7.63. The van der Waals surface area contributed by atoms with Crippen molar-refractivity contribution in [3.63, 3.8) is 0 Å². The van der Waals surface area contributed by atoms with Gasteiger partial charge in [0.1, 0.15) is 0 Å². The number of carbonyl (C=O) groups is 2. The second kappa shape index (κ2) is 10.3. The van der Waals surface area contributed by atoms with Crippen molar-refractivity contribution in [3.05, 3.63) is 75.3 Å². The first-order valence-electron chi connectivity index (χ1n) is 10.4. The third-order valence-electron chi connectivity index (χ3n) is 5.13. The van der Waals surface area contributed by atoms with E-state index in [1.54, 1.807) is 0 Å². The number of amides is 2. The van der Waals surface area contributed by atoms with Crippen LogP contribution in [0.4, 0.5) is 39.5 Å². The summed E-state index contributed by atoms with van der Waals surface area (Å²) in [5.74, 6) is -2.41. The minimum atomic E-state index is -5.24. The summed E-state index contributed by atoms with van der Waals surface area (Å²) in [5, 5.41) is 3.24. The quantitative estimate of drug-likeness (QED) is 0.306. The highest BCUT2D eigenvalue weighted by Crippen LogP contribution is 2.38. The Hall–Kier alpha value is -3.22. The lowest BCUT2D eigenvalue weighted by Crippen LogP contribution is -2.37. The molecule has 0 aromatic heterocycles. The Morgan fingerprint density at radius 3 is 2.11 bits per heavy atom. The van der Waals surface area contributed by atoms with E-state index >= 15 is 0 Å². The Labute approximate surface area is 208 Å². The maximum Gasteiger partial charge on any atom is 0.417 e. The van der Waals surface area contributed by atoms with Crippen LogP contribution in [0.1, 0.15) is 51.5 Å². The van der Waals surface area contributed by atoms with E-state index in [0.717, 1.165) is 18.2 Å². The van der Waals surface area contributed by atoms with E-state index in [1.165, 1.54) is 5.32 Å². The lowest BCUT2D eigenvalue weighted by atomic mass is 10.0. The Bertz CT molecular complexity index is 1220. The number of hydrogen-bond donors (Lipinski definition) is 2. The van der Waals surface area contributed by atoms with Crippen molar-refractivity contribution < 1.29 is 49.1 Å². The average Bonchev–Trinajstić information content (AvgIpc) is 3.57. The van der Waals surface area contributed by atoms with Crippen molar-refractivity contribution in [2.75, 3.05) is 0 Å². The van der Waals surface area contributed by atoms with E-state index in [4.69, 9.17) is 11.6 Å². The van der Waals surface area contributed by atoms with Gasteiger partial charge in [-0.2, -0.15) is 39.5 Å². The van der Waals surface area contributed by atoms with Crippen LogP contribution in [0.3, 0.4) is 0 Å². The zero-order chi connectivity index (χ0) is 27.8. The van der Waals surface area contributed by atoms with E-state index in [9.17, 15) is 49.1 Å². The van der Waals surface area contributed by atoms with E-state index in [-0.39, 0.29) is 17.7 Å². The largest absolute Gasteiger partial charge is 0.417 e. The van der Waals surface area contributed by atoms with Crippen LogP contribution in [0.2, 0.25) is 5.02 Å². The molecule has 1 aliphatic carbocycles. The van der Waals surface area contributed by atoms with Crippen LogP contribution >= 0.6 is 11.6 Å². The third-order valence-corrected chi connectivity index (χ3v) is 5.35. The smallest absolute Gasteiger partial charge is 0.349 e. The Kier molecular flexibility index (Phi) is 7.87. The van der Waals surface area contributed by atoms with Crippen molar-refractivity contribution in [3.8, 4) is 0 Å². The van der Waals surface area contributed by atoms with Crippen molar-refractivity contribution in [1.29, 1.82) is 0 Å². The fourth-order valence-corrected chi connectivity index (χ4v) is 3.49. The van der Waals surface area contributed by atoms with E-state index in [0.29, 0.717) is 37.1 Å². The van der Waals surface area contributed by atoms with Gasteiger partial charge in [-0.1, -0.05) is 17.7 Å². The molecule has 2 amide bonds. The fourth-order valence-electron chi connectivity index (χ4n) is 3.25. The highest BCUT2D eigenvalue weighted by Gasteiger charge is 2.43. The normalized spacial score (nSPS) is 15.5. The van der Waals surface area contributed by atoms with E-state index < -0.39 is 63.7 Å². The van der Waals surface area contributed by atoms with Gasteiger partial charge in [0.15, 0.2) is 6.04 Å². The molecule has 0 radical (unpaired) electrons. The van der Waals surface area contributed by atoms with E-state index in [2.05, 4.69) is 5.32 Å². The summed E-state index contributed by atoms with van der Waals surface area (Å²) >= 11 is 5.53. The molecular formula is C23H16ClF9N2O2. The summed E-state index contributed by atoms with van der Waals surface area (Å²) < 4.78 is 120. The van der Waals surface area contributed by atoms with Gasteiger partial charge in [-0.05, 0) is 60.4 Å². The standard InChI is InChI=1S/C23H16ClF9N2O2/c24-14-9-12(8-13(10-14)21(25,26)27)19(23(31,32)33)35-18(36)6-2-11-1-5-16(17(7-11)22(28,29)30)20(37)34-15-3-4-15/h1-2,5-10,15,19H,3-4H2,(H,34,37)(H,35,36). The summed E-state index contributed by atoms with van der Waals surface area (Å²) in [5.41, 5.74) is -4.73. The minimum Gasteiger partial charge on any atom is -0.349 e. The number of halogens is 10. The molecule has 0 aliphatic heterocycles. The molecule has 37 heavy (non-hydrogen) atoms. The first kappa shape index (κ1) is 28.4. The molecular weight excluding hydrogens is 543 g/mol. The van der Waals surface area contributed by atoms with Gasteiger partial charge in [-0.3, -0.25) is 9.59 Å². The van der Waals surface area contributed by atoms with Crippen molar-refractivity contribution in [2.45, 2.75) is 43.5 Å². The molecule has 4 nitrogen and oxygen atoms in total. The van der Waals surface area contributed by atoms with Crippen LogP contribution in [0.5, 0.6) is 0 Å². The second-order valence-corrected chi connectivity index (χ2v) is 8.57. The molecule has 0 saturated heterocycles. The van der Waals surface area contributed by atoms with Crippen molar-refractivity contribution >= 4 is 29.5 Å². The number of alkyl halides is 9. The maximum absolute atomic E-state index is 13.6. The van der Waals surface area contributed by atoms with Crippen molar-refractivity contribution in [1.82, 2.24) is 10.6 Å². The zero-order valence-corrected chi connectivity index (χ0v) is 19.0. The Morgan fingerprint density at radius 1 is 0.919 bits per heavy atom. The molecule has 200 valence electrons. The van der Waals surface area contributed by atoms with Gasteiger partial charge in [-0.25, -0.2) is 0 Å². The predicted molar refractivity (Wildman–Crippen MR) is 114 cm³/mol. The highest BCUT2D eigenvalue weighted by atomic mass is 35.5. The first-order valence-corrected chi connectivity index (χ1v) is 10.8. The van der Waals surface area contributed by atoms with Crippen LogP contribution in [-0.2, 0) is 17.1 Å². The average molecular weight is 559 g/mol. The summed E-state index contributed by atoms with van der Waals surface area (Å²) in [7, 11) is 0. The van der Waals surface area contributed by atoms with Gasteiger partial charge in [-0.15, -0.1) is 0 Å². The lowest BCUT2D eigenvalue weighted by Gasteiger charge is -2.22. The maximum atomic E-state index is 13.6. The molecule has 1 atom stereocenters. The monoisotopic (exact) mass is 558 g/mol. The molecule has 1 fully saturated rings. The molecule has 1 unspecified atom stereocenters. The summed E-state index contributed by atoms with van der Waals surface area (Å²) in [6.07, 6.45) is -12.7. The molecule has 2 aromatic rings. The topological polar surface area (TPSA) is 58.2 Å². The number of nitrogens with one attached hydrogen (secondary N) is 2. The van der Waals surface area contributed by atoms with Crippen LogP contribution in [0.25, 0.3) is 6.08 Å². The molecule has 2 aromatic carbocycles. The molecule has 0 heterocycles. The molecule has 3 rings (SSSR count). The minimum absolute atomic E-state index is 0.176. The fraction of sp³-hybridized carbons (Fsp3) is 0.304. The van der Waals surface area contributed by atoms with Gasteiger partial charge >= 0.3 is 18.5 Å². The SMILES string of the molecule is O=C(C=Cc1ccc(C(=O)NC2CC2)c(C(F)(F)F)c1)NC(c1cc(Cl)cc(C(F)(F)F)c1)C(F)(F)F. The lowest BCUT2D eigenvalue weighted by molar-refractivity contribution is -0.162. The molecule has 1 saturated carbocycles. The summed E-state index contributed by atoms with van der Waals surface area (Å²) in [6.45, 7) is 0. The molecule has 0 spiro atoms. The molecule has 0 bridgehead atoms. The van der Waals surface area contributed by atoms with Gasteiger partial charge < -0.3 is 10.6 Å². The number of carbonyl (C=O) groups excluding carboxylic acids is 2. The second-order valence-electron chi connectivity index (χ2n) is 8.14.